The number of fused-ring (bicyclic) bond motifs is 1. The molecular weight excluding hydrogens is 334 g/mol. The van der Waals surface area contributed by atoms with Gasteiger partial charge < -0.3 is 19.1 Å². The van der Waals surface area contributed by atoms with E-state index < -0.39 is 12.1 Å². The summed E-state index contributed by atoms with van der Waals surface area (Å²) in [5.41, 5.74) is 1.00. The summed E-state index contributed by atoms with van der Waals surface area (Å²) < 4.78 is 15.6. The van der Waals surface area contributed by atoms with E-state index in [1.807, 2.05) is 36.4 Å². The number of hydrogen-bond donors (Lipinski definition) is 0. The monoisotopic (exact) mass is 357 g/mol. The second-order valence-corrected chi connectivity index (χ2v) is 6.41. The molecule has 0 aliphatic carbocycles. The summed E-state index contributed by atoms with van der Waals surface area (Å²) in [5, 5.41) is 2.15. The van der Waals surface area contributed by atoms with Crippen molar-refractivity contribution in [2.45, 2.75) is 25.5 Å². The zero-order valence-electron chi connectivity index (χ0n) is 15.1. The topological polar surface area (TPSA) is 65.1 Å². The first-order chi connectivity index (χ1) is 12.6. The number of hydrogen-bond acceptors (Lipinski definition) is 5. The maximum Gasteiger partial charge on any atom is 0.335 e. The smallest absolute Gasteiger partial charge is 0.335 e. The molecule has 2 aromatic rings. The van der Waals surface area contributed by atoms with E-state index in [2.05, 4.69) is 0 Å². The van der Waals surface area contributed by atoms with E-state index in [1.165, 1.54) is 0 Å². The Labute approximate surface area is 152 Å². The first-order valence-electron chi connectivity index (χ1n) is 8.65. The van der Waals surface area contributed by atoms with E-state index in [9.17, 15) is 9.59 Å². The van der Waals surface area contributed by atoms with Crippen LogP contribution in [0.5, 0.6) is 5.75 Å². The molecule has 0 aromatic heterocycles. The minimum atomic E-state index is -0.523. The fourth-order valence-corrected chi connectivity index (χ4v) is 2.96. The van der Waals surface area contributed by atoms with Gasteiger partial charge in [0.1, 0.15) is 5.75 Å². The van der Waals surface area contributed by atoms with Crippen molar-refractivity contribution < 1.29 is 23.8 Å². The van der Waals surface area contributed by atoms with Crippen LogP contribution in [0.4, 0.5) is 0 Å². The molecule has 0 bridgehead atoms. The molecule has 0 spiro atoms. The predicted octanol–water partition coefficient (Wildman–Crippen LogP) is 2.53. The van der Waals surface area contributed by atoms with Crippen LogP contribution in [0, 0.1) is 0 Å². The van der Waals surface area contributed by atoms with Gasteiger partial charge in [-0.2, -0.15) is 0 Å². The summed E-state index contributed by atoms with van der Waals surface area (Å²) in [6.45, 7) is 0.750. The van der Waals surface area contributed by atoms with E-state index in [-0.39, 0.29) is 12.5 Å². The molecular formula is C20H23NO5. The molecule has 1 amide bonds. The van der Waals surface area contributed by atoms with Crippen LogP contribution in [0.2, 0.25) is 0 Å². The number of carbonyl (C=O) groups excluding carboxylic acids is 2. The number of methoxy groups -OCH3 is 1. The molecule has 138 valence electrons. The lowest BCUT2D eigenvalue weighted by atomic mass is 10.1. The highest BCUT2D eigenvalue weighted by molar-refractivity contribution is 5.85. The lowest BCUT2D eigenvalue weighted by Gasteiger charge is -2.18. The Morgan fingerprint density at radius 3 is 2.69 bits per heavy atom. The number of likely N-dealkylation sites (N-methyl/N-ethyl adjacent to an activating group) is 1. The van der Waals surface area contributed by atoms with Gasteiger partial charge in [0.05, 0.1) is 7.11 Å². The van der Waals surface area contributed by atoms with Gasteiger partial charge in [0.25, 0.3) is 5.91 Å². The Balaban J connectivity index is 1.56. The van der Waals surface area contributed by atoms with Gasteiger partial charge in [-0.3, -0.25) is 4.79 Å². The molecule has 1 heterocycles. The molecule has 6 nitrogen and oxygen atoms in total. The maximum absolute atomic E-state index is 12.2. The number of benzene rings is 2. The standard InChI is InChI=1S/C20H23NO5/c1-21(19(22)13-26-20(23)18-4-3-9-25-18)12-14-5-6-16-11-17(24-2)8-7-15(16)10-14/h5-8,10-11,18H,3-4,9,12-13H2,1-2H3/t18-/m0/s1. The minimum absolute atomic E-state index is 0.244. The first-order valence-corrected chi connectivity index (χ1v) is 8.65. The highest BCUT2D eigenvalue weighted by Crippen LogP contribution is 2.22. The molecule has 0 radical (unpaired) electrons. The molecule has 0 saturated carbocycles. The largest absolute Gasteiger partial charge is 0.497 e. The number of rotatable bonds is 6. The summed E-state index contributed by atoms with van der Waals surface area (Å²) in [6.07, 6.45) is 0.984. The molecule has 1 aliphatic rings. The van der Waals surface area contributed by atoms with Crippen LogP contribution in [-0.2, 0) is 25.6 Å². The Morgan fingerprint density at radius 2 is 1.96 bits per heavy atom. The highest BCUT2D eigenvalue weighted by atomic mass is 16.6. The molecule has 26 heavy (non-hydrogen) atoms. The van der Waals surface area contributed by atoms with Crippen molar-refractivity contribution in [1.82, 2.24) is 4.90 Å². The van der Waals surface area contributed by atoms with Crippen molar-refractivity contribution in [1.29, 1.82) is 0 Å². The minimum Gasteiger partial charge on any atom is -0.497 e. The second kappa shape index (κ2) is 8.19. The third-order valence-corrected chi connectivity index (χ3v) is 4.49. The molecule has 1 aliphatic heterocycles. The third-order valence-electron chi connectivity index (χ3n) is 4.49. The van der Waals surface area contributed by atoms with E-state index in [4.69, 9.17) is 14.2 Å². The summed E-state index contributed by atoms with van der Waals surface area (Å²) in [4.78, 5) is 25.6. The molecule has 6 heteroatoms. The third kappa shape index (κ3) is 4.32. The van der Waals surface area contributed by atoms with Crippen molar-refractivity contribution >= 4 is 22.6 Å². The van der Waals surface area contributed by atoms with Gasteiger partial charge in [-0.25, -0.2) is 4.79 Å². The second-order valence-electron chi connectivity index (χ2n) is 6.41. The first kappa shape index (κ1) is 18.2. The Hall–Kier alpha value is -2.60. The van der Waals surface area contributed by atoms with Gasteiger partial charge in [-0.1, -0.05) is 18.2 Å². The normalized spacial score (nSPS) is 16.5. The van der Waals surface area contributed by atoms with E-state index in [0.29, 0.717) is 19.6 Å². The van der Waals surface area contributed by atoms with Crippen LogP contribution >= 0.6 is 0 Å². The summed E-state index contributed by atoms with van der Waals surface area (Å²) in [6, 6.07) is 11.9. The fourth-order valence-electron chi connectivity index (χ4n) is 2.96. The van der Waals surface area contributed by atoms with Crippen molar-refractivity contribution in [3.8, 4) is 5.75 Å². The van der Waals surface area contributed by atoms with Crippen LogP contribution in [-0.4, -0.2) is 50.3 Å². The molecule has 1 atom stereocenters. The molecule has 0 unspecified atom stereocenters. The molecule has 2 aromatic carbocycles. The van der Waals surface area contributed by atoms with Crippen molar-refractivity contribution in [3.63, 3.8) is 0 Å². The molecule has 0 N–H and O–H groups in total. The average Bonchev–Trinajstić information content (AvgIpc) is 3.20. The summed E-state index contributed by atoms with van der Waals surface area (Å²) in [5.74, 6) is 0.112. The zero-order valence-corrected chi connectivity index (χ0v) is 15.1. The van der Waals surface area contributed by atoms with Crippen LogP contribution < -0.4 is 4.74 Å². The van der Waals surface area contributed by atoms with Crippen LogP contribution in [0.1, 0.15) is 18.4 Å². The SMILES string of the molecule is COc1ccc2cc(CN(C)C(=O)COC(=O)[C@@H]3CCCO3)ccc2c1. The van der Waals surface area contributed by atoms with Crippen LogP contribution in [0.15, 0.2) is 36.4 Å². The Bertz CT molecular complexity index is 798. The number of nitrogens with zero attached hydrogens (tertiary/aromatic N) is 1. The van der Waals surface area contributed by atoms with E-state index >= 15 is 0 Å². The summed E-state index contributed by atoms with van der Waals surface area (Å²) >= 11 is 0. The quantitative estimate of drug-likeness (QED) is 0.744. The average molecular weight is 357 g/mol. The van der Waals surface area contributed by atoms with Gasteiger partial charge in [-0.05, 0) is 47.4 Å². The Morgan fingerprint density at radius 1 is 1.19 bits per heavy atom. The number of ether oxygens (including phenoxy) is 3. The predicted molar refractivity (Wildman–Crippen MR) is 96.9 cm³/mol. The summed E-state index contributed by atoms with van der Waals surface area (Å²) in [7, 11) is 3.34. The van der Waals surface area contributed by atoms with E-state index in [1.54, 1.807) is 19.1 Å². The van der Waals surface area contributed by atoms with Gasteiger partial charge in [-0.15, -0.1) is 0 Å². The maximum atomic E-state index is 12.2. The van der Waals surface area contributed by atoms with Gasteiger partial charge in [0.15, 0.2) is 12.7 Å². The lowest BCUT2D eigenvalue weighted by molar-refractivity contribution is -0.159. The number of amides is 1. The molecule has 1 fully saturated rings. The fraction of sp³-hybridized carbons (Fsp3) is 0.400. The van der Waals surface area contributed by atoms with Crippen molar-refractivity contribution in [3.05, 3.63) is 42.0 Å². The molecule has 3 rings (SSSR count). The van der Waals surface area contributed by atoms with Gasteiger partial charge >= 0.3 is 5.97 Å². The lowest BCUT2D eigenvalue weighted by Crippen LogP contribution is -2.33. The van der Waals surface area contributed by atoms with Crippen LogP contribution in [0.25, 0.3) is 10.8 Å². The Kier molecular flexibility index (Phi) is 5.73. The van der Waals surface area contributed by atoms with Gasteiger partial charge in [0.2, 0.25) is 0 Å². The number of carbonyl (C=O) groups is 2. The van der Waals surface area contributed by atoms with Gasteiger partial charge in [0, 0.05) is 20.2 Å². The molecule has 1 saturated heterocycles. The van der Waals surface area contributed by atoms with E-state index in [0.717, 1.165) is 28.5 Å². The van der Waals surface area contributed by atoms with Crippen LogP contribution in [0.3, 0.4) is 0 Å². The number of esters is 1. The highest BCUT2D eigenvalue weighted by Gasteiger charge is 2.26. The zero-order chi connectivity index (χ0) is 18.5. The van der Waals surface area contributed by atoms with Crippen molar-refractivity contribution in [2.75, 3.05) is 27.4 Å². The van der Waals surface area contributed by atoms with Crippen molar-refractivity contribution in [2.24, 2.45) is 0 Å².